The van der Waals surface area contributed by atoms with Gasteiger partial charge in [-0.15, -0.1) is 0 Å². The number of halogens is 1. The van der Waals surface area contributed by atoms with Gasteiger partial charge in [0.2, 0.25) is 0 Å². The molecule has 1 aliphatic rings. The number of benzene rings is 1. The Morgan fingerprint density at radius 3 is 2.75 bits per heavy atom. The van der Waals surface area contributed by atoms with E-state index in [0.29, 0.717) is 5.92 Å². The van der Waals surface area contributed by atoms with E-state index in [9.17, 15) is 5.11 Å². The van der Waals surface area contributed by atoms with Crippen LogP contribution in [0.2, 0.25) is 5.02 Å². The van der Waals surface area contributed by atoms with E-state index in [-0.39, 0.29) is 6.10 Å². The maximum Gasteiger partial charge on any atom is 0.0546 e. The highest BCUT2D eigenvalue weighted by atomic mass is 35.5. The third-order valence-corrected chi connectivity index (χ3v) is 4.31. The van der Waals surface area contributed by atoms with Gasteiger partial charge < -0.3 is 15.3 Å². The molecule has 0 atom stereocenters. The van der Waals surface area contributed by atoms with Gasteiger partial charge in [0, 0.05) is 30.8 Å². The minimum atomic E-state index is -0.0796. The van der Waals surface area contributed by atoms with E-state index in [1.165, 1.54) is 0 Å². The van der Waals surface area contributed by atoms with E-state index in [1.54, 1.807) is 0 Å². The van der Waals surface area contributed by atoms with Crippen LogP contribution in [0.5, 0.6) is 0 Å². The van der Waals surface area contributed by atoms with Gasteiger partial charge >= 0.3 is 0 Å². The normalized spacial score (nSPS) is 21.6. The molecule has 20 heavy (non-hydrogen) atoms. The average Bonchev–Trinajstić information content (AvgIpc) is 2.39. The Hall–Kier alpha value is -0.770. The Labute approximate surface area is 126 Å². The number of anilines is 1. The highest BCUT2D eigenvalue weighted by Crippen LogP contribution is 2.30. The van der Waals surface area contributed by atoms with Gasteiger partial charge in [-0.2, -0.15) is 0 Å². The van der Waals surface area contributed by atoms with Crippen molar-refractivity contribution in [2.45, 2.75) is 38.8 Å². The highest BCUT2D eigenvalue weighted by molar-refractivity contribution is 6.31. The number of hydrogen-bond acceptors (Lipinski definition) is 3. The van der Waals surface area contributed by atoms with Crippen molar-refractivity contribution in [2.24, 2.45) is 5.92 Å². The van der Waals surface area contributed by atoms with Crippen molar-refractivity contribution in [3.8, 4) is 0 Å². The first-order valence-electron chi connectivity index (χ1n) is 7.48. The summed E-state index contributed by atoms with van der Waals surface area (Å²) in [6.45, 7) is 4.98. The van der Waals surface area contributed by atoms with Crippen molar-refractivity contribution < 1.29 is 5.11 Å². The summed E-state index contributed by atoms with van der Waals surface area (Å²) in [6, 6.07) is 6.27. The largest absolute Gasteiger partial charge is 0.393 e. The van der Waals surface area contributed by atoms with Crippen molar-refractivity contribution in [1.82, 2.24) is 5.32 Å². The molecule has 1 saturated carbocycles. The fourth-order valence-electron chi connectivity index (χ4n) is 2.66. The number of aliphatic hydroxyl groups is 1. The number of hydrogen-bond donors (Lipinski definition) is 2. The summed E-state index contributed by atoms with van der Waals surface area (Å²) >= 11 is 6.35. The molecule has 0 saturated heterocycles. The Kier molecular flexibility index (Phi) is 5.70. The summed E-state index contributed by atoms with van der Waals surface area (Å²) in [7, 11) is 2.09. The van der Waals surface area contributed by atoms with Gasteiger partial charge in [-0.3, -0.25) is 0 Å². The molecule has 0 heterocycles. The van der Waals surface area contributed by atoms with Crippen molar-refractivity contribution >= 4 is 17.3 Å². The SMILES string of the molecule is CCCNCc1ccc(N(C)CC2CC(O)C2)cc1Cl. The molecule has 112 valence electrons. The molecule has 1 aromatic carbocycles. The van der Waals surface area contributed by atoms with E-state index in [2.05, 4.69) is 36.3 Å². The summed E-state index contributed by atoms with van der Waals surface area (Å²) in [4.78, 5) is 2.23. The van der Waals surface area contributed by atoms with Crippen LogP contribution >= 0.6 is 11.6 Å². The molecular formula is C16H25ClN2O. The lowest BCUT2D eigenvalue weighted by atomic mass is 9.82. The minimum absolute atomic E-state index is 0.0796. The zero-order valence-electron chi connectivity index (χ0n) is 12.4. The first-order valence-corrected chi connectivity index (χ1v) is 7.86. The van der Waals surface area contributed by atoms with Crippen LogP contribution in [0.1, 0.15) is 31.7 Å². The fraction of sp³-hybridized carbons (Fsp3) is 0.625. The standard InChI is InChI=1S/C16H25ClN2O/c1-3-6-18-10-13-4-5-14(9-16(13)17)19(2)11-12-7-15(20)8-12/h4-5,9,12,15,18,20H,3,6-8,10-11H2,1-2H3. The fourth-order valence-corrected chi connectivity index (χ4v) is 2.90. The van der Waals surface area contributed by atoms with Gasteiger partial charge in [0.05, 0.1) is 6.10 Å². The van der Waals surface area contributed by atoms with Crippen LogP contribution in [-0.2, 0) is 6.54 Å². The van der Waals surface area contributed by atoms with Crippen LogP contribution in [0.3, 0.4) is 0 Å². The molecule has 0 aromatic heterocycles. The lowest BCUT2D eigenvalue weighted by molar-refractivity contribution is 0.0465. The lowest BCUT2D eigenvalue weighted by Crippen LogP contribution is -2.37. The summed E-state index contributed by atoms with van der Waals surface area (Å²) in [5.41, 5.74) is 2.30. The van der Waals surface area contributed by atoms with Crippen molar-refractivity contribution in [3.05, 3.63) is 28.8 Å². The zero-order valence-corrected chi connectivity index (χ0v) is 13.2. The lowest BCUT2D eigenvalue weighted by Gasteiger charge is -2.35. The molecule has 3 nitrogen and oxygen atoms in total. The van der Waals surface area contributed by atoms with Gasteiger partial charge in [0.15, 0.2) is 0 Å². The quantitative estimate of drug-likeness (QED) is 0.759. The maximum atomic E-state index is 9.34. The summed E-state index contributed by atoms with van der Waals surface area (Å²) in [5.74, 6) is 0.611. The van der Waals surface area contributed by atoms with Crippen molar-refractivity contribution in [1.29, 1.82) is 0 Å². The Morgan fingerprint density at radius 2 is 2.15 bits per heavy atom. The van der Waals surface area contributed by atoms with E-state index in [0.717, 1.165) is 55.2 Å². The predicted octanol–water partition coefficient (Wildman–Crippen LogP) is 3.05. The number of rotatable bonds is 7. The molecule has 0 aliphatic heterocycles. The predicted molar refractivity (Wildman–Crippen MR) is 85.5 cm³/mol. The Morgan fingerprint density at radius 1 is 1.40 bits per heavy atom. The highest BCUT2D eigenvalue weighted by Gasteiger charge is 2.28. The Bertz CT molecular complexity index is 432. The van der Waals surface area contributed by atoms with Crippen LogP contribution in [0.25, 0.3) is 0 Å². The Balaban J connectivity index is 1.90. The third-order valence-electron chi connectivity index (χ3n) is 3.96. The molecule has 0 spiro atoms. The number of nitrogens with one attached hydrogen (secondary N) is 1. The van der Waals surface area contributed by atoms with Crippen LogP contribution in [0, 0.1) is 5.92 Å². The molecule has 1 fully saturated rings. The number of aliphatic hydroxyl groups excluding tert-OH is 1. The van der Waals surface area contributed by atoms with E-state index < -0.39 is 0 Å². The smallest absolute Gasteiger partial charge is 0.0546 e. The molecule has 0 bridgehead atoms. The number of nitrogens with zero attached hydrogens (tertiary/aromatic N) is 1. The van der Waals surface area contributed by atoms with Gasteiger partial charge in [0.25, 0.3) is 0 Å². The molecule has 4 heteroatoms. The molecule has 0 radical (unpaired) electrons. The second-order valence-electron chi connectivity index (χ2n) is 5.82. The van der Waals surface area contributed by atoms with Crippen LogP contribution in [-0.4, -0.2) is 31.3 Å². The topological polar surface area (TPSA) is 35.5 Å². The van der Waals surface area contributed by atoms with E-state index in [4.69, 9.17) is 11.6 Å². The second-order valence-corrected chi connectivity index (χ2v) is 6.23. The summed E-state index contributed by atoms with van der Waals surface area (Å²) in [5, 5.41) is 13.5. The molecule has 2 N–H and O–H groups in total. The van der Waals surface area contributed by atoms with Crippen molar-refractivity contribution in [2.75, 3.05) is 25.0 Å². The molecule has 1 aliphatic carbocycles. The first kappa shape index (κ1) is 15.6. The van der Waals surface area contributed by atoms with Crippen LogP contribution in [0.15, 0.2) is 18.2 Å². The van der Waals surface area contributed by atoms with Crippen LogP contribution in [0.4, 0.5) is 5.69 Å². The minimum Gasteiger partial charge on any atom is -0.393 e. The van der Waals surface area contributed by atoms with Gasteiger partial charge in [-0.05, 0) is 49.4 Å². The monoisotopic (exact) mass is 296 g/mol. The molecular weight excluding hydrogens is 272 g/mol. The molecule has 1 aromatic rings. The molecule has 0 unspecified atom stereocenters. The van der Waals surface area contributed by atoms with Crippen molar-refractivity contribution in [3.63, 3.8) is 0 Å². The second kappa shape index (κ2) is 7.30. The average molecular weight is 297 g/mol. The van der Waals surface area contributed by atoms with Gasteiger partial charge in [0.1, 0.15) is 0 Å². The molecule has 2 rings (SSSR count). The first-order chi connectivity index (χ1) is 9.60. The summed E-state index contributed by atoms with van der Waals surface area (Å²) < 4.78 is 0. The summed E-state index contributed by atoms with van der Waals surface area (Å²) in [6.07, 6.45) is 2.91. The third kappa shape index (κ3) is 4.11. The zero-order chi connectivity index (χ0) is 14.5. The maximum absolute atomic E-state index is 9.34. The van der Waals surface area contributed by atoms with E-state index in [1.807, 2.05) is 6.07 Å². The van der Waals surface area contributed by atoms with Gasteiger partial charge in [-0.1, -0.05) is 24.6 Å². The van der Waals surface area contributed by atoms with Crippen LogP contribution < -0.4 is 10.2 Å². The van der Waals surface area contributed by atoms with E-state index >= 15 is 0 Å². The van der Waals surface area contributed by atoms with Gasteiger partial charge in [-0.25, -0.2) is 0 Å². The molecule has 0 amide bonds.